The first kappa shape index (κ1) is 17.2. The lowest BCUT2D eigenvalue weighted by Gasteiger charge is -2.03. The topological polar surface area (TPSA) is 133 Å². The summed E-state index contributed by atoms with van der Waals surface area (Å²) < 4.78 is 62.8. The first-order valence-electron chi connectivity index (χ1n) is 6.14. The second-order valence-corrected chi connectivity index (χ2v) is 7.49. The molecular formula is C13H12N2O6S2. The number of benzene rings is 2. The molecule has 10 heteroatoms. The average Bonchev–Trinajstić information content (AvgIpc) is 2.44. The Morgan fingerprint density at radius 2 is 1.17 bits per heavy atom. The lowest BCUT2D eigenvalue weighted by Crippen LogP contribution is -2.03. The molecule has 0 atom stereocenters. The van der Waals surface area contributed by atoms with E-state index in [4.69, 9.17) is 9.11 Å². The van der Waals surface area contributed by atoms with Crippen LogP contribution in [0.5, 0.6) is 0 Å². The van der Waals surface area contributed by atoms with Gasteiger partial charge in [0.25, 0.3) is 20.2 Å². The van der Waals surface area contributed by atoms with Crippen molar-refractivity contribution in [1.29, 1.82) is 0 Å². The fraction of sp³-hybridized carbons (Fsp3) is 0.0769. The molecule has 122 valence electrons. The zero-order valence-electron chi connectivity index (χ0n) is 11.8. The van der Waals surface area contributed by atoms with Gasteiger partial charge in [0.1, 0.15) is 0 Å². The van der Waals surface area contributed by atoms with Crippen molar-refractivity contribution in [3.05, 3.63) is 48.0 Å². The van der Waals surface area contributed by atoms with E-state index in [9.17, 15) is 16.8 Å². The summed E-state index contributed by atoms with van der Waals surface area (Å²) in [5.74, 6) is 0. The van der Waals surface area contributed by atoms with Crippen molar-refractivity contribution in [3.63, 3.8) is 0 Å². The van der Waals surface area contributed by atoms with Crippen molar-refractivity contribution in [2.75, 3.05) is 0 Å². The van der Waals surface area contributed by atoms with Gasteiger partial charge in [-0.15, -0.1) is 0 Å². The minimum Gasteiger partial charge on any atom is -0.282 e. The van der Waals surface area contributed by atoms with E-state index in [-0.39, 0.29) is 5.69 Å². The second-order valence-electron chi connectivity index (χ2n) is 4.65. The van der Waals surface area contributed by atoms with Crippen LogP contribution in [0.25, 0.3) is 0 Å². The predicted molar refractivity (Wildman–Crippen MR) is 81.4 cm³/mol. The molecule has 2 aromatic carbocycles. The second kappa shape index (κ2) is 6.16. The number of azo groups is 1. The Morgan fingerprint density at radius 1 is 0.739 bits per heavy atom. The molecule has 23 heavy (non-hydrogen) atoms. The van der Waals surface area contributed by atoms with Crippen LogP contribution in [0.4, 0.5) is 11.4 Å². The molecule has 0 bridgehead atoms. The van der Waals surface area contributed by atoms with Crippen LogP contribution in [0.1, 0.15) is 5.56 Å². The quantitative estimate of drug-likeness (QED) is 0.639. The first-order valence-corrected chi connectivity index (χ1v) is 9.02. The maximum Gasteiger partial charge on any atom is 0.294 e. The molecule has 0 aromatic heterocycles. The molecule has 0 fully saturated rings. The van der Waals surface area contributed by atoms with Crippen LogP contribution in [0, 0.1) is 6.92 Å². The van der Waals surface area contributed by atoms with E-state index in [2.05, 4.69) is 10.2 Å². The molecule has 2 aromatic rings. The Morgan fingerprint density at radius 3 is 1.61 bits per heavy atom. The Kier molecular flexibility index (Phi) is 4.61. The van der Waals surface area contributed by atoms with Gasteiger partial charge in [-0.3, -0.25) is 9.11 Å². The monoisotopic (exact) mass is 356 g/mol. The van der Waals surface area contributed by atoms with Crippen molar-refractivity contribution in [2.24, 2.45) is 10.2 Å². The SMILES string of the molecule is Cc1ccc(N=Nc2cc(S(=O)(=O)O)cc(S(=O)(=O)O)c2)cc1. The number of aryl methyl sites for hydroxylation is 1. The van der Waals surface area contributed by atoms with Gasteiger partial charge in [-0.25, -0.2) is 0 Å². The molecular weight excluding hydrogens is 344 g/mol. The third kappa shape index (κ3) is 4.66. The number of hydrogen-bond donors (Lipinski definition) is 2. The minimum atomic E-state index is -4.67. The zero-order chi connectivity index (χ0) is 17.3. The molecule has 2 N–H and O–H groups in total. The zero-order valence-corrected chi connectivity index (χ0v) is 13.4. The van der Waals surface area contributed by atoms with Gasteiger partial charge in [0.05, 0.1) is 21.2 Å². The molecule has 0 heterocycles. The molecule has 0 spiro atoms. The van der Waals surface area contributed by atoms with Crippen LogP contribution in [-0.4, -0.2) is 25.9 Å². The normalized spacial score (nSPS) is 12.7. The number of rotatable bonds is 4. The highest BCUT2D eigenvalue weighted by atomic mass is 32.2. The van der Waals surface area contributed by atoms with E-state index < -0.39 is 30.0 Å². The fourth-order valence-electron chi connectivity index (χ4n) is 1.64. The number of hydrogen-bond acceptors (Lipinski definition) is 6. The predicted octanol–water partition coefficient (Wildman–Crippen LogP) is 2.90. The van der Waals surface area contributed by atoms with Gasteiger partial charge in [0.15, 0.2) is 0 Å². The highest BCUT2D eigenvalue weighted by molar-refractivity contribution is 7.86. The maximum atomic E-state index is 11.2. The summed E-state index contributed by atoms with van der Waals surface area (Å²) >= 11 is 0. The van der Waals surface area contributed by atoms with Crippen molar-refractivity contribution in [2.45, 2.75) is 16.7 Å². The van der Waals surface area contributed by atoms with Gasteiger partial charge < -0.3 is 0 Å². The van der Waals surface area contributed by atoms with Gasteiger partial charge in [-0.05, 0) is 37.3 Å². The summed E-state index contributed by atoms with van der Waals surface area (Å²) in [4.78, 5) is -1.43. The third-order valence-electron chi connectivity index (χ3n) is 2.78. The third-order valence-corrected chi connectivity index (χ3v) is 4.44. The molecule has 0 saturated carbocycles. The van der Waals surface area contributed by atoms with E-state index >= 15 is 0 Å². The lowest BCUT2D eigenvalue weighted by atomic mass is 10.2. The van der Waals surface area contributed by atoms with Crippen LogP contribution in [0.15, 0.2) is 62.5 Å². The van der Waals surface area contributed by atoms with Crippen molar-refractivity contribution in [3.8, 4) is 0 Å². The Balaban J connectivity index is 2.51. The highest BCUT2D eigenvalue weighted by Gasteiger charge is 2.18. The van der Waals surface area contributed by atoms with E-state index in [0.29, 0.717) is 11.8 Å². The molecule has 0 amide bonds. The summed E-state index contributed by atoms with van der Waals surface area (Å²) in [6, 6.07) is 9.38. The lowest BCUT2D eigenvalue weighted by molar-refractivity contribution is 0.481. The first-order chi connectivity index (χ1) is 10.6. The van der Waals surface area contributed by atoms with E-state index in [0.717, 1.165) is 17.7 Å². The van der Waals surface area contributed by atoms with Crippen molar-refractivity contribution >= 4 is 31.6 Å². The Hall–Kier alpha value is -2.14. The molecule has 0 aliphatic carbocycles. The van der Waals surface area contributed by atoms with Gasteiger partial charge in [-0.2, -0.15) is 27.1 Å². The molecule has 2 rings (SSSR count). The Bertz CT molecular complexity index is 914. The summed E-state index contributed by atoms with van der Waals surface area (Å²) in [5, 5.41) is 7.56. The van der Waals surface area contributed by atoms with Crippen molar-refractivity contribution in [1.82, 2.24) is 0 Å². The smallest absolute Gasteiger partial charge is 0.282 e. The van der Waals surface area contributed by atoms with Crippen LogP contribution in [0.2, 0.25) is 0 Å². The minimum absolute atomic E-state index is 0.159. The van der Waals surface area contributed by atoms with Crippen LogP contribution in [0.3, 0.4) is 0 Å². The average molecular weight is 356 g/mol. The van der Waals surface area contributed by atoms with Gasteiger partial charge in [0.2, 0.25) is 0 Å². The van der Waals surface area contributed by atoms with E-state index in [1.165, 1.54) is 0 Å². The molecule has 0 aliphatic heterocycles. The molecule has 0 aliphatic rings. The van der Waals surface area contributed by atoms with Gasteiger partial charge in [-0.1, -0.05) is 17.7 Å². The summed E-state index contributed by atoms with van der Waals surface area (Å²) in [7, 11) is -9.35. The fourth-order valence-corrected chi connectivity index (χ4v) is 2.80. The van der Waals surface area contributed by atoms with Crippen LogP contribution >= 0.6 is 0 Å². The van der Waals surface area contributed by atoms with Crippen LogP contribution in [-0.2, 0) is 20.2 Å². The van der Waals surface area contributed by atoms with Crippen LogP contribution < -0.4 is 0 Å². The van der Waals surface area contributed by atoms with E-state index in [1.54, 1.807) is 24.3 Å². The molecule has 8 nitrogen and oxygen atoms in total. The van der Waals surface area contributed by atoms with Gasteiger partial charge >= 0.3 is 0 Å². The van der Waals surface area contributed by atoms with Gasteiger partial charge in [0, 0.05) is 0 Å². The van der Waals surface area contributed by atoms with E-state index in [1.807, 2.05) is 6.92 Å². The highest BCUT2D eigenvalue weighted by Crippen LogP contribution is 2.26. The largest absolute Gasteiger partial charge is 0.294 e. The number of nitrogens with zero attached hydrogens (tertiary/aromatic N) is 2. The maximum absolute atomic E-state index is 11.2. The Labute approximate surface area is 133 Å². The summed E-state index contributed by atoms with van der Waals surface area (Å²) in [6.45, 7) is 1.88. The standard InChI is InChI=1S/C13H12N2O6S2/c1-9-2-4-10(5-3-9)14-15-11-6-12(22(16,17)18)8-13(7-11)23(19,20)21/h2-8H,1H3,(H,16,17,18)(H,19,20,21). The molecule has 0 saturated heterocycles. The summed E-state index contributed by atoms with van der Waals surface area (Å²) in [5.41, 5.74) is 1.31. The molecule has 0 unspecified atom stereocenters. The van der Waals surface area contributed by atoms with Crippen molar-refractivity contribution < 1.29 is 25.9 Å². The molecule has 0 radical (unpaired) electrons. The summed E-state index contributed by atoms with van der Waals surface area (Å²) in [6.07, 6.45) is 0.